The van der Waals surface area contributed by atoms with Crippen molar-refractivity contribution in [1.82, 2.24) is 19.9 Å². The van der Waals surface area contributed by atoms with E-state index in [9.17, 15) is 0 Å². The summed E-state index contributed by atoms with van der Waals surface area (Å²) in [6.45, 7) is 0. The molecule has 4 aromatic rings. The van der Waals surface area contributed by atoms with E-state index in [0.717, 1.165) is 16.7 Å². The van der Waals surface area contributed by atoms with E-state index in [1.54, 1.807) is 12.3 Å². The Kier molecular flexibility index (Phi) is 4.19. The molecule has 0 saturated carbocycles. The van der Waals surface area contributed by atoms with Crippen molar-refractivity contribution in [3.8, 4) is 34.2 Å². The second-order valence-electron chi connectivity index (χ2n) is 5.41. The highest BCUT2D eigenvalue weighted by molar-refractivity contribution is 6.29. The molecule has 120 valence electrons. The van der Waals surface area contributed by atoms with Crippen molar-refractivity contribution in [1.29, 1.82) is 0 Å². The van der Waals surface area contributed by atoms with E-state index in [1.807, 2.05) is 66.7 Å². The van der Waals surface area contributed by atoms with Crippen molar-refractivity contribution in [3.63, 3.8) is 0 Å². The Morgan fingerprint density at radius 3 is 1.52 bits per heavy atom. The van der Waals surface area contributed by atoms with Gasteiger partial charge in [-0.25, -0.2) is 19.9 Å². The van der Waals surface area contributed by atoms with E-state index in [2.05, 4.69) is 19.9 Å². The molecule has 5 heteroatoms. The van der Waals surface area contributed by atoms with Crippen LogP contribution in [0.5, 0.6) is 0 Å². The van der Waals surface area contributed by atoms with Gasteiger partial charge in [0.2, 0.25) is 0 Å². The minimum atomic E-state index is 0.403. The summed E-state index contributed by atoms with van der Waals surface area (Å²) in [7, 11) is 0. The number of halogens is 1. The maximum atomic E-state index is 6.03. The van der Waals surface area contributed by atoms with Crippen LogP contribution in [0.15, 0.2) is 79.0 Å². The number of aromatic nitrogens is 4. The van der Waals surface area contributed by atoms with Gasteiger partial charge in [0.05, 0.1) is 0 Å². The largest absolute Gasteiger partial charge is 0.245 e. The molecule has 0 aliphatic carbocycles. The molecule has 0 atom stereocenters. The molecular weight excluding hydrogens is 332 g/mol. The molecule has 4 rings (SSSR count). The van der Waals surface area contributed by atoms with Crippen LogP contribution in [0, 0.1) is 0 Å². The molecule has 0 bridgehead atoms. The van der Waals surface area contributed by atoms with Crippen LogP contribution < -0.4 is 0 Å². The van der Waals surface area contributed by atoms with E-state index in [1.165, 1.54) is 0 Å². The van der Waals surface area contributed by atoms with Crippen molar-refractivity contribution >= 4 is 11.6 Å². The van der Waals surface area contributed by atoms with Crippen LogP contribution >= 0.6 is 11.6 Å². The Morgan fingerprint density at radius 2 is 1.04 bits per heavy atom. The van der Waals surface area contributed by atoms with Gasteiger partial charge in [0.15, 0.2) is 17.5 Å². The van der Waals surface area contributed by atoms with Crippen molar-refractivity contribution in [2.24, 2.45) is 0 Å². The maximum Gasteiger partial charge on any atom is 0.164 e. The average molecular weight is 345 g/mol. The summed E-state index contributed by atoms with van der Waals surface area (Å²) in [6.07, 6.45) is 1.64. The lowest BCUT2D eigenvalue weighted by molar-refractivity contribution is 1.07. The minimum absolute atomic E-state index is 0.403. The Bertz CT molecular complexity index is 947. The Morgan fingerprint density at radius 1 is 0.560 bits per heavy atom. The van der Waals surface area contributed by atoms with Crippen molar-refractivity contribution in [2.45, 2.75) is 0 Å². The monoisotopic (exact) mass is 344 g/mol. The van der Waals surface area contributed by atoms with Gasteiger partial charge in [-0.3, -0.25) is 0 Å². The molecule has 2 aromatic carbocycles. The molecule has 0 amide bonds. The van der Waals surface area contributed by atoms with E-state index in [-0.39, 0.29) is 0 Å². The normalized spacial score (nSPS) is 10.6. The molecule has 0 unspecified atom stereocenters. The topological polar surface area (TPSA) is 51.6 Å². The number of hydrogen-bond acceptors (Lipinski definition) is 4. The zero-order valence-electron chi connectivity index (χ0n) is 13.2. The Hall–Kier alpha value is -3.11. The van der Waals surface area contributed by atoms with Crippen LogP contribution in [0.3, 0.4) is 0 Å². The van der Waals surface area contributed by atoms with Gasteiger partial charge >= 0.3 is 0 Å². The van der Waals surface area contributed by atoms with Crippen LogP contribution in [0.1, 0.15) is 0 Å². The fourth-order valence-corrected chi connectivity index (χ4v) is 2.65. The standard InChI is InChI=1S/C20H13ClN4/c21-17-13-16(11-12-22-17)20-24-18(14-7-3-1-4-8-14)23-19(25-20)15-9-5-2-6-10-15/h1-13H. The first-order valence-corrected chi connectivity index (χ1v) is 8.16. The third-order valence-corrected chi connectivity index (χ3v) is 3.89. The summed E-state index contributed by atoms with van der Waals surface area (Å²) in [5, 5.41) is 0.403. The molecule has 2 aromatic heterocycles. The van der Waals surface area contributed by atoms with Crippen molar-refractivity contribution in [3.05, 3.63) is 84.1 Å². The SMILES string of the molecule is Clc1cc(-c2nc(-c3ccccc3)nc(-c3ccccc3)n2)ccn1. The van der Waals surface area contributed by atoms with Crippen LogP contribution in [-0.2, 0) is 0 Å². The minimum Gasteiger partial charge on any atom is -0.245 e. The molecule has 4 nitrogen and oxygen atoms in total. The zero-order chi connectivity index (χ0) is 17.1. The number of hydrogen-bond donors (Lipinski definition) is 0. The molecular formula is C20H13ClN4. The third kappa shape index (κ3) is 3.39. The number of pyridine rings is 1. The van der Waals surface area contributed by atoms with Crippen LogP contribution in [0.2, 0.25) is 5.15 Å². The van der Waals surface area contributed by atoms with Crippen LogP contribution in [0.4, 0.5) is 0 Å². The van der Waals surface area contributed by atoms with Gasteiger partial charge in [0.1, 0.15) is 5.15 Å². The Balaban J connectivity index is 1.92. The molecule has 0 aliphatic rings. The third-order valence-electron chi connectivity index (χ3n) is 3.68. The molecule has 0 saturated heterocycles. The lowest BCUT2D eigenvalue weighted by atomic mass is 10.1. The highest BCUT2D eigenvalue weighted by Crippen LogP contribution is 2.25. The van der Waals surface area contributed by atoms with Gasteiger partial charge < -0.3 is 0 Å². The first-order valence-electron chi connectivity index (χ1n) is 7.78. The predicted octanol–water partition coefficient (Wildman–Crippen LogP) is 4.92. The molecule has 2 heterocycles. The zero-order valence-corrected chi connectivity index (χ0v) is 13.9. The molecule has 0 aliphatic heterocycles. The van der Waals surface area contributed by atoms with E-state index >= 15 is 0 Å². The summed E-state index contributed by atoms with van der Waals surface area (Å²) < 4.78 is 0. The molecule has 0 radical (unpaired) electrons. The van der Waals surface area contributed by atoms with Crippen LogP contribution in [0.25, 0.3) is 34.2 Å². The fraction of sp³-hybridized carbons (Fsp3) is 0. The summed E-state index contributed by atoms with van der Waals surface area (Å²) >= 11 is 6.03. The van der Waals surface area contributed by atoms with Gasteiger partial charge in [-0.1, -0.05) is 72.3 Å². The van der Waals surface area contributed by atoms with Gasteiger partial charge in [-0.05, 0) is 12.1 Å². The predicted molar refractivity (Wildman–Crippen MR) is 98.9 cm³/mol. The molecule has 0 spiro atoms. The highest BCUT2D eigenvalue weighted by Gasteiger charge is 2.12. The van der Waals surface area contributed by atoms with Crippen molar-refractivity contribution in [2.75, 3.05) is 0 Å². The van der Waals surface area contributed by atoms with Gasteiger partial charge in [-0.2, -0.15) is 0 Å². The first-order chi connectivity index (χ1) is 12.3. The quantitative estimate of drug-likeness (QED) is 0.495. The maximum absolute atomic E-state index is 6.03. The summed E-state index contributed by atoms with van der Waals surface area (Å²) in [4.78, 5) is 17.9. The van der Waals surface area contributed by atoms with Crippen LogP contribution in [-0.4, -0.2) is 19.9 Å². The second kappa shape index (κ2) is 6.79. The number of benzene rings is 2. The smallest absolute Gasteiger partial charge is 0.164 e. The van der Waals surface area contributed by atoms with Crippen molar-refractivity contribution < 1.29 is 0 Å². The highest BCUT2D eigenvalue weighted by atomic mass is 35.5. The summed E-state index contributed by atoms with van der Waals surface area (Å²) in [6, 6.07) is 23.3. The van der Waals surface area contributed by atoms with Gasteiger partial charge in [-0.15, -0.1) is 0 Å². The molecule has 0 fully saturated rings. The van der Waals surface area contributed by atoms with E-state index in [4.69, 9.17) is 11.6 Å². The average Bonchev–Trinajstić information content (AvgIpc) is 2.69. The summed E-state index contributed by atoms with van der Waals surface area (Å²) in [5.41, 5.74) is 2.67. The fourth-order valence-electron chi connectivity index (χ4n) is 2.48. The lowest BCUT2D eigenvalue weighted by Gasteiger charge is -2.08. The Labute approximate surface area is 150 Å². The lowest BCUT2D eigenvalue weighted by Crippen LogP contribution is -2.00. The summed E-state index contributed by atoms with van der Waals surface area (Å²) in [5.74, 6) is 1.81. The van der Waals surface area contributed by atoms with E-state index in [0.29, 0.717) is 22.6 Å². The van der Waals surface area contributed by atoms with E-state index < -0.39 is 0 Å². The van der Waals surface area contributed by atoms with Gasteiger partial charge in [0, 0.05) is 22.9 Å². The number of nitrogens with zero attached hydrogens (tertiary/aromatic N) is 4. The van der Waals surface area contributed by atoms with Gasteiger partial charge in [0.25, 0.3) is 0 Å². The second-order valence-corrected chi connectivity index (χ2v) is 5.79. The number of rotatable bonds is 3. The first kappa shape index (κ1) is 15.4. The molecule has 25 heavy (non-hydrogen) atoms. The molecule has 0 N–H and O–H groups in total.